The number of oxazole rings is 1. The zero-order chi connectivity index (χ0) is 16.0. The summed E-state index contributed by atoms with van der Waals surface area (Å²) in [6.45, 7) is 2.62. The van der Waals surface area contributed by atoms with E-state index < -0.39 is 0 Å². The van der Waals surface area contributed by atoms with Gasteiger partial charge < -0.3 is 14.3 Å². The number of nitrogens with zero attached hydrogens (tertiary/aromatic N) is 4. The lowest BCUT2D eigenvalue weighted by atomic mass is 10.1. The summed E-state index contributed by atoms with van der Waals surface area (Å²) in [7, 11) is 0. The molecule has 23 heavy (non-hydrogen) atoms. The third kappa shape index (κ3) is 2.45. The van der Waals surface area contributed by atoms with E-state index in [1.807, 2.05) is 11.5 Å². The molecule has 1 N–H and O–H groups in total. The molecule has 0 radical (unpaired) electrons. The zero-order valence-corrected chi connectivity index (χ0v) is 12.4. The fraction of sp³-hybridized carbons (Fsp3) is 0.333. The number of nitrogens with one attached hydrogen (secondary N) is 1. The molecule has 1 aliphatic heterocycles. The Balaban J connectivity index is 1.41. The smallest absolute Gasteiger partial charge is 0.225 e. The fourth-order valence-electron chi connectivity index (χ4n) is 2.83. The maximum absolute atomic E-state index is 13.1. The standard InChI is InChI=1S/C15H14FN5O2/c1-8-19-20-13-4-9(7-21(8)13)15(22)17-6-14-18-11-5-10(16)2-3-12(11)23-14/h2-3,5,9H,4,6-7H2,1H3,(H,17,22). The third-order valence-corrected chi connectivity index (χ3v) is 4.02. The number of hydrogen-bond acceptors (Lipinski definition) is 5. The van der Waals surface area contributed by atoms with Crippen molar-refractivity contribution >= 4 is 17.0 Å². The Morgan fingerprint density at radius 3 is 3.17 bits per heavy atom. The lowest BCUT2D eigenvalue weighted by Crippen LogP contribution is -2.31. The zero-order valence-electron chi connectivity index (χ0n) is 12.4. The number of amides is 1. The number of aryl methyl sites for hydroxylation is 1. The van der Waals surface area contributed by atoms with Crippen LogP contribution in [0.4, 0.5) is 4.39 Å². The van der Waals surface area contributed by atoms with Crippen LogP contribution in [0.5, 0.6) is 0 Å². The van der Waals surface area contributed by atoms with Gasteiger partial charge in [0.1, 0.15) is 23.0 Å². The minimum absolute atomic E-state index is 0.0802. The minimum atomic E-state index is -0.370. The van der Waals surface area contributed by atoms with Crippen molar-refractivity contribution < 1.29 is 13.6 Å². The molecule has 0 saturated heterocycles. The van der Waals surface area contributed by atoms with Crippen molar-refractivity contribution in [3.8, 4) is 0 Å². The monoisotopic (exact) mass is 315 g/mol. The van der Waals surface area contributed by atoms with Gasteiger partial charge in [0, 0.05) is 19.0 Å². The van der Waals surface area contributed by atoms with Gasteiger partial charge in [0.25, 0.3) is 0 Å². The Bertz CT molecular complexity index is 901. The summed E-state index contributed by atoms with van der Waals surface area (Å²) >= 11 is 0. The molecule has 0 bridgehead atoms. The quantitative estimate of drug-likeness (QED) is 0.788. The molecule has 1 atom stereocenters. The molecule has 1 amide bonds. The van der Waals surface area contributed by atoms with Crippen LogP contribution in [0.1, 0.15) is 17.5 Å². The number of benzene rings is 1. The summed E-state index contributed by atoms with van der Waals surface area (Å²) in [6.07, 6.45) is 0.575. The van der Waals surface area contributed by atoms with Gasteiger partial charge in [-0.2, -0.15) is 0 Å². The van der Waals surface area contributed by atoms with E-state index in [0.717, 1.165) is 11.6 Å². The first kappa shape index (κ1) is 13.9. The lowest BCUT2D eigenvalue weighted by Gasteiger charge is -2.08. The van der Waals surface area contributed by atoms with Crippen molar-refractivity contribution in [3.05, 3.63) is 41.6 Å². The Labute approximate surface area is 130 Å². The van der Waals surface area contributed by atoms with Crippen molar-refractivity contribution in [2.24, 2.45) is 5.92 Å². The van der Waals surface area contributed by atoms with E-state index in [4.69, 9.17) is 4.42 Å². The highest BCUT2D eigenvalue weighted by atomic mass is 19.1. The van der Waals surface area contributed by atoms with Crippen LogP contribution in [0.15, 0.2) is 22.6 Å². The van der Waals surface area contributed by atoms with Crippen LogP contribution < -0.4 is 5.32 Å². The van der Waals surface area contributed by atoms with Crippen molar-refractivity contribution in [2.45, 2.75) is 26.4 Å². The maximum atomic E-state index is 13.1. The minimum Gasteiger partial charge on any atom is -0.439 e. The summed E-state index contributed by atoms with van der Waals surface area (Å²) in [5.74, 6) is 1.39. The van der Waals surface area contributed by atoms with E-state index >= 15 is 0 Å². The van der Waals surface area contributed by atoms with E-state index in [9.17, 15) is 9.18 Å². The molecule has 118 valence electrons. The van der Waals surface area contributed by atoms with Crippen LogP contribution in [0, 0.1) is 18.7 Å². The second kappa shape index (κ2) is 5.15. The molecule has 1 aliphatic rings. The summed E-state index contributed by atoms with van der Waals surface area (Å²) in [4.78, 5) is 16.4. The number of aromatic nitrogens is 4. The predicted molar refractivity (Wildman–Crippen MR) is 77.8 cm³/mol. The van der Waals surface area contributed by atoms with Crippen molar-refractivity contribution in [2.75, 3.05) is 0 Å². The van der Waals surface area contributed by atoms with Gasteiger partial charge >= 0.3 is 0 Å². The SMILES string of the molecule is Cc1nnc2n1CC(C(=O)NCc1nc3cc(F)ccc3o1)C2. The van der Waals surface area contributed by atoms with Crippen LogP contribution in [0.3, 0.4) is 0 Å². The van der Waals surface area contributed by atoms with Crippen LogP contribution in [0.2, 0.25) is 0 Å². The molecule has 0 fully saturated rings. The average Bonchev–Trinajstić information content (AvgIpc) is 3.20. The van der Waals surface area contributed by atoms with Gasteiger partial charge in [-0.25, -0.2) is 9.37 Å². The second-order valence-corrected chi connectivity index (χ2v) is 5.61. The third-order valence-electron chi connectivity index (χ3n) is 4.02. The summed E-state index contributed by atoms with van der Waals surface area (Å²) in [6, 6.07) is 4.14. The van der Waals surface area contributed by atoms with E-state index in [2.05, 4.69) is 20.5 Å². The molecule has 1 unspecified atom stereocenters. The van der Waals surface area contributed by atoms with E-state index in [-0.39, 0.29) is 24.2 Å². The molecule has 8 heteroatoms. The first-order valence-corrected chi connectivity index (χ1v) is 7.31. The molecule has 1 aromatic carbocycles. The number of fused-ring (bicyclic) bond motifs is 2. The highest BCUT2D eigenvalue weighted by Crippen LogP contribution is 2.21. The molecular weight excluding hydrogens is 301 g/mol. The number of carbonyl (C=O) groups excluding carboxylic acids is 1. The largest absolute Gasteiger partial charge is 0.439 e. The van der Waals surface area contributed by atoms with Gasteiger partial charge in [-0.15, -0.1) is 10.2 Å². The van der Waals surface area contributed by atoms with E-state index in [1.165, 1.54) is 18.2 Å². The summed E-state index contributed by atoms with van der Waals surface area (Å²) < 4.78 is 20.6. The van der Waals surface area contributed by atoms with Gasteiger partial charge in [-0.3, -0.25) is 4.79 Å². The Hall–Kier alpha value is -2.77. The molecule has 4 rings (SSSR count). The maximum Gasteiger partial charge on any atom is 0.225 e. The van der Waals surface area contributed by atoms with Crippen LogP contribution in [-0.2, 0) is 24.3 Å². The normalized spacial score (nSPS) is 16.7. The number of hydrogen-bond donors (Lipinski definition) is 1. The molecule has 0 saturated carbocycles. The Morgan fingerprint density at radius 2 is 2.35 bits per heavy atom. The Morgan fingerprint density at radius 1 is 1.48 bits per heavy atom. The molecule has 2 aromatic heterocycles. The van der Waals surface area contributed by atoms with Crippen LogP contribution >= 0.6 is 0 Å². The highest BCUT2D eigenvalue weighted by Gasteiger charge is 2.30. The first-order chi connectivity index (χ1) is 11.1. The predicted octanol–water partition coefficient (Wildman–Crippen LogP) is 1.36. The molecular formula is C15H14FN5O2. The molecule has 0 aliphatic carbocycles. The number of carbonyl (C=O) groups is 1. The second-order valence-electron chi connectivity index (χ2n) is 5.61. The van der Waals surface area contributed by atoms with Gasteiger partial charge in [0.15, 0.2) is 5.58 Å². The topological polar surface area (TPSA) is 85.8 Å². The van der Waals surface area contributed by atoms with Crippen molar-refractivity contribution in [1.82, 2.24) is 25.1 Å². The highest BCUT2D eigenvalue weighted by molar-refractivity contribution is 5.79. The number of rotatable bonds is 3. The summed E-state index contributed by atoms with van der Waals surface area (Å²) in [5, 5.41) is 10.8. The number of halogens is 1. The van der Waals surface area contributed by atoms with Crippen LogP contribution in [0.25, 0.3) is 11.1 Å². The Kier molecular flexibility index (Phi) is 3.10. The van der Waals surface area contributed by atoms with Crippen LogP contribution in [-0.4, -0.2) is 25.7 Å². The van der Waals surface area contributed by atoms with Crippen molar-refractivity contribution in [1.29, 1.82) is 0 Å². The fourth-order valence-corrected chi connectivity index (χ4v) is 2.83. The molecule has 3 aromatic rings. The lowest BCUT2D eigenvalue weighted by molar-refractivity contribution is -0.125. The van der Waals surface area contributed by atoms with E-state index in [1.54, 1.807) is 0 Å². The van der Waals surface area contributed by atoms with E-state index in [0.29, 0.717) is 30.0 Å². The molecule has 0 spiro atoms. The van der Waals surface area contributed by atoms with Crippen molar-refractivity contribution in [3.63, 3.8) is 0 Å². The van der Waals surface area contributed by atoms with Gasteiger partial charge in [0.05, 0.1) is 12.5 Å². The molecule has 7 nitrogen and oxygen atoms in total. The summed E-state index contributed by atoms with van der Waals surface area (Å²) in [5.41, 5.74) is 0.940. The average molecular weight is 315 g/mol. The van der Waals surface area contributed by atoms with Gasteiger partial charge in [-0.05, 0) is 19.1 Å². The molecule has 3 heterocycles. The first-order valence-electron chi connectivity index (χ1n) is 7.31. The van der Waals surface area contributed by atoms with Gasteiger partial charge in [-0.1, -0.05) is 0 Å². The van der Waals surface area contributed by atoms with Gasteiger partial charge in [0.2, 0.25) is 11.8 Å².